The van der Waals surface area contributed by atoms with Crippen molar-refractivity contribution in [2.24, 2.45) is 5.73 Å². The van der Waals surface area contributed by atoms with Crippen LogP contribution in [-0.2, 0) is 6.42 Å². The molecule has 3 N–H and O–H groups in total. The van der Waals surface area contributed by atoms with E-state index in [0.717, 1.165) is 12.0 Å². The summed E-state index contributed by atoms with van der Waals surface area (Å²) in [5, 5.41) is 11.4. The van der Waals surface area contributed by atoms with Crippen molar-refractivity contribution in [1.82, 2.24) is 0 Å². The fraction of sp³-hybridized carbons (Fsp3) is 0.500. The van der Waals surface area contributed by atoms with Crippen LogP contribution in [0.25, 0.3) is 0 Å². The van der Waals surface area contributed by atoms with Crippen molar-refractivity contribution in [3.63, 3.8) is 0 Å². The highest BCUT2D eigenvalue weighted by Gasteiger charge is 2.25. The first-order chi connectivity index (χ1) is 7.50. The first-order valence-corrected chi connectivity index (χ1v) is 6.13. The topological polar surface area (TPSA) is 46.2 Å². The van der Waals surface area contributed by atoms with Crippen LogP contribution in [-0.4, -0.2) is 17.3 Å². The summed E-state index contributed by atoms with van der Waals surface area (Å²) >= 11 is 11.9. The van der Waals surface area contributed by atoms with E-state index in [1.165, 1.54) is 0 Å². The second-order valence-corrected chi connectivity index (χ2v) is 4.93. The zero-order valence-electron chi connectivity index (χ0n) is 9.34. The Morgan fingerprint density at radius 2 is 2.06 bits per heavy atom. The van der Waals surface area contributed by atoms with Crippen molar-refractivity contribution < 1.29 is 5.11 Å². The number of nitrogens with two attached hydrogens (primary N) is 1. The summed E-state index contributed by atoms with van der Waals surface area (Å²) in [6.45, 7) is 2.25. The van der Waals surface area contributed by atoms with Crippen LogP contribution < -0.4 is 5.73 Å². The van der Waals surface area contributed by atoms with Gasteiger partial charge in [0.25, 0.3) is 0 Å². The second kappa shape index (κ2) is 5.87. The van der Waals surface area contributed by atoms with Crippen LogP contribution in [0.5, 0.6) is 0 Å². The average Bonchev–Trinajstić information content (AvgIpc) is 2.23. The fourth-order valence-corrected chi connectivity index (χ4v) is 2.22. The van der Waals surface area contributed by atoms with E-state index < -0.39 is 5.60 Å². The van der Waals surface area contributed by atoms with Crippen LogP contribution in [0.1, 0.15) is 25.3 Å². The molecule has 16 heavy (non-hydrogen) atoms. The van der Waals surface area contributed by atoms with Crippen molar-refractivity contribution >= 4 is 23.2 Å². The van der Waals surface area contributed by atoms with Crippen LogP contribution in [0.4, 0.5) is 0 Å². The van der Waals surface area contributed by atoms with E-state index in [1.54, 1.807) is 12.1 Å². The van der Waals surface area contributed by atoms with E-state index in [-0.39, 0.29) is 6.54 Å². The molecule has 0 aliphatic rings. The molecule has 1 unspecified atom stereocenters. The van der Waals surface area contributed by atoms with Gasteiger partial charge < -0.3 is 10.8 Å². The van der Waals surface area contributed by atoms with Gasteiger partial charge in [-0.25, -0.2) is 0 Å². The van der Waals surface area contributed by atoms with E-state index in [0.29, 0.717) is 22.9 Å². The fourth-order valence-electron chi connectivity index (χ4n) is 1.75. The number of hydrogen-bond acceptors (Lipinski definition) is 2. The summed E-state index contributed by atoms with van der Waals surface area (Å²) < 4.78 is 0. The van der Waals surface area contributed by atoms with Gasteiger partial charge in [-0.3, -0.25) is 0 Å². The number of hydrogen-bond donors (Lipinski definition) is 2. The molecule has 2 nitrogen and oxygen atoms in total. The van der Waals surface area contributed by atoms with Gasteiger partial charge in [0.15, 0.2) is 0 Å². The first-order valence-electron chi connectivity index (χ1n) is 5.37. The molecule has 0 radical (unpaired) electrons. The molecule has 0 aliphatic carbocycles. The monoisotopic (exact) mass is 261 g/mol. The molecule has 4 heteroatoms. The zero-order chi connectivity index (χ0) is 12.2. The third kappa shape index (κ3) is 3.63. The molecule has 0 aliphatic heterocycles. The smallest absolute Gasteiger partial charge is 0.0809 e. The van der Waals surface area contributed by atoms with E-state index in [1.807, 2.05) is 13.0 Å². The van der Waals surface area contributed by atoms with Crippen LogP contribution in [0.15, 0.2) is 18.2 Å². The van der Waals surface area contributed by atoms with Crippen LogP contribution in [0.3, 0.4) is 0 Å². The van der Waals surface area contributed by atoms with Crippen LogP contribution in [0, 0.1) is 0 Å². The van der Waals surface area contributed by atoms with Crippen molar-refractivity contribution in [1.29, 1.82) is 0 Å². The maximum Gasteiger partial charge on any atom is 0.0809 e. The summed E-state index contributed by atoms with van der Waals surface area (Å²) in [4.78, 5) is 0. The van der Waals surface area contributed by atoms with Gasteiger partial charge in [-0.1, -0.05) is 42.6 Å². The SMILES string of the molecule is CCCC(O)(CN)Cc1ccc(Cl)cc1Cl. The third-order valence-corrected chi connectivity index (χ3v) is 3.22. The van der Waals surface area contributed by atoms with Gasteiger partial charge >= 0.3 is 0 Å². The van der Waals surface area contributed by atoms with E-state index in [4.69, 9.17) is 28.9 Å². The molecule has 0 saturated carbocycles. The Morgan fingerprint density at radius 3 is 2.56 bits per heavy atom. The van der Waals surface area contributed by atoms with E-state index in [9.17, 15) is 5.11 Å². The molecule has 90 valence electrons. The van der Waals surface area contributed by atoms with Crippen molar-refractivity contribution in [3.8, 4) is 0 Å². The minimum Gasteiger partial charge on any atom is -0.388 e. The lowest BCUT2D eigenvalue weighted by atomic mass is 9.90. The lowest BCUT2D eigenvalue weighted by molar-refractivity contribution is 0.0399. The Morgan fingerprint density at radius 1 is 1.38 bits per heavy atom. The molecule has 0 bridgehead atoms. The van der Waals surface area contributed by atoms with Gasteiger partial charge in [0, 0.05) is 23.0 Å². The normalized spacial score (nSPS) is 14.8. The highest BCUT2D eigenvalue weighted by atomic mass is 35.5. The van der Waals surface area contributed by atoms with Crippen molar-refractivity contribution in [3.05, 3.63) is 33.8 Å². The lowest BCUT2D eigenvalue weighted by Gasteiger charge is -2.26. The summed E-state index contributed by atoms with van der Waals surface area (Å²) in [7, 11) is 0. The largest absolute Gasteiger partial charge is 0.388 e. The predicted octanol–water partition coefficient (Wildman–Crippen LogP) is 3.03. The second-order valence-electron chi connectivity index (χ2n) is 4.09. The Balaban J connectivity index is 2.85. The molecule has 0 amide bonds. The minimum absolute atomic E-state index is 0.236. The number of halogens is 2. The highest BCUT2D eigenvalue weighted by molar-refractivity contribution is 6.35. The van der Waals surface area contributed by atoms with Crippen LogP contribution in [0.2, 0.25) is 10.0 Å². The highest BCUT2D eigenvalue weighted by Crippen LogP contribution is 2.26. The molecule has 0 heterocycles. The Labute approximate surface area is 106 Å². The Bertz CT molecular complexity index is 357. The molecule has 0 spiro atoms. The standard InChI is InChI=1S/C12H17Cl2NO/c1-2-5-12(16,8-15)7-9-3-4-10(13)6-11(9)14/h3-4,6,16H,2,5,7-8,15H2,1H3. The maximum absolute atomic E-state index is 10.3. The molecular weight excluding hydrogens is 245 g/mol. The molecule has 1 aromatic carbocycles. The molecule has 0 fully saturated rings. The van der Waals surface area contributed by atoms with Gasteiger partial charge in [0.1, 0.15) is 0 Å². The Kier molecular flexibility index (Phi) is 5.06. The summed E-state index contributed by atoms with van der Waals surface area (Å²) in [6, 6.07) is 5.29. The summed E-state index contributed by atoms with van der Waals surface area (Å²) in [6.07, 6.45) is 2.02. The van der Waals surface area contributed by atoms with Crippen molar-refractivity contribution in [2.45, 2.75) is 31.8 Å². The molecule has 0 saturated heterocycles. The van der Waals surface area contributed by atoms with E-state index >= 15 is 0 Å². The minimum atomic E-state index is -0.869. The molecule has 1 atom stereocenters. The molecule has 1 aromatic rings. The maximum atomic E-state index is 10.3. The first kappa shape index (κ1) is 13.8. The van der Waals surface area contributed by atoms with E-state index in [2.05, 4.69) is 0 Å². The zero-order valence-corrected chi connectivity index (χ0v) is 10.9. The van der Waals surface area contributed by atoms with Gasteiger partial charge in [0.2, 0.25) is 0 Å². The molecule has 0 aromatic heterocycles. The van der Waals surface area contributed by atoms with Crippen molar-refractivity contribution in [2.75, 3.05) is 6.54 Å². The van der Waals surface area contributed by atoms with Gasteiger partial charge in [-0.2, -0.15) is 0 Å². The number of aliphatic hydroxyl groups is 1. The predicted molar refractivity (Wildman–Crippen MR) is 69.1 cm³/mol. The lowest BCUT2D eigenvalue weighted by Crippen LogP contribution is -2.39. The molecule has 1 rings (SSSR count). The Hall–Kier alpha value is -0.280. The number of benzene rings is 1. The third-order valence-electron chi connectivity index (χ3n) is 2.63. The average molecular weight is 262 g/mol. The number of rotatable bonds is 5. The van der Waals surface area contributed by atoms with Gasteiger partial charge in [0.05, 0.1) is 5.60 Å². The summed E-state index contributed by atoms with van der Waals surface area (Å²) in [5.74, 6) is 0. The summed E-state index contributed by atoms with van der Waals surface area (Å²) in [5.41, 5.74) is 5.61. The van der Waals surface area contributed by atoms with Gasteiger partial charge in [-0.05, 0) is 24.1 Å². The van der Waals surface area contributed by atoms with Crippen LogP contribution >= 0.6 is 23.2 Å². The molecular formula is C12H17Cl2NO. The van der Waals surface area contributed by atoms with Gasteiger partial charge in [-0.15, -0.1) is 0 Å². The quantitative estimate of drug-likeness (QED) is 0.856.